The predicted molar refractivity (Wildman–Crippen MR) is 61.7 cm³/mol. The molecule has 5 heteroatoms. The molecule has 0 atom stereocenters. The summed E-state index contributed by atoms with van der Waals surface area (Å²) in [6, 6.07) is 5.12. The molecule has 1 aliphatic heterocycles. The zero-order valence-corrected chi connectivity index (χ0v) is 9.51. The van der Waals surface area contributed by atoms with Crippen LogP contribution in [0.5, 0.6) is 0 Å². The van der Waals surface area contributed by atoms with E-state index in [4.69, 9.17) is 23.2 Å². The minimum atomic E-state index is -0.0864. The van der Waals surface area contributed by atoms with Gasteiger partial charge in [0.1, 0.15) is 0 Å². The molecule has 0 aromatic heterocycles. The van der Waals surface area contributed by atoms with Gasteiger partial charge >= 0.3 is 0 Å². The summed E-state index contributed by atoms with van der Waals surface area (Å²) in [5.74, 6) is -0.0864. The van der Waals surface area contributed by atoms with Crippen molar-refractivity contribution in [3.63, 3.8) is 0 Å². The van der Waals surface area contributed by atoms with Gasteiger partial charge in [-0.05, 0) is 19.1 Å². The monoisotopic (exact) mass is 242 g/mol. The first kappa shape index (κ1) is 10.5. The third kappa shape index (κ3) is 1.85. The number of hydrogen-bond acceptors (Lipinski definition) is 2. The number of amides is 1. The highest BCUT2D eigenvalue weighted by Gasteiger charge is 2.24. The fourth-order valence-electron chi connectivity index (χ4n) is 1.40. The van der Waals surface area contributed by atoms with Crippen LogP contribution >= 0.6 is 23.2 Å². The highest BCUT2D eigenvalue weighted by molar-refractivity contribution is 6.44. The molecule has 0 bridgehead atoms. The normalized spacial score (nSPS) is 15.8. The smallest absolute Gasteiger partial charge is 0.253 e. The van der Waals surface area contributed by atoms with E-state index in [2.05, 4.69) is 5.10 Å². The van der Waals surface area contributed by atoms with Gasteiger partial charge in [0.15, 0.2) is 0 Å². The van der Waals surface area contributed by atoms with E-state index < -0.39 is 0 Å². The summed E-state index contributed by atoms with van der Waals surface area (Å²) in [6.07, 6.45) is 0.336. The molecule has 2 rings (SSSR count). The van der Waals surface area contributed by atoms with Crippen LogP contribution in [0, 0.1) is 0 Å². The molecule has 0 saturated carbocycles. The van der Waals surface area contributed by atoms with E-state index in [1.54, 1.807) is 25.1 Å². The number of halogens is 2. The first-order chi connectivity index (χ1) is 7.09. The second-order valence-corrected chi connectivity index (χ2v) is 4.08. The molecule has 0 aliphatic carbocycles. The van der Waals surface area contributed by atoms with Crippen LogP contribution in [0.2, 0.25) is 10.0 Å². The lowest BCUT2D eigenvalue weighted by molar-refractivity contribution is -0.116. The van der Waals surface area contributed by atoms with Crippen molar-refractivity contribution in [3.05, 3.63) is 28.2 Å². The summed E-state index contributed by atoms with van der Waals surface area (Å²) >= 11 is 11.8. The first-order valence-corrected chi connectivity index (χ1v) is 5.16. The molecule has 15 heavy (non-hydrogen) atoms. The lowest BCUT2D eigenvalue weighted by Crippen LogP contribution is -2.19. The number of hydrogen-bond donors (Lipinski definition) is 0. The van der Waals surface area contributed by atoms with Gasteiger partial charge < -0.3 is 0 Å². The Hall–Kier alpha value is -1.06. The number of anilines is 1. The third-order valence-corrected chi connectivity index (χ3v) is 2.88. The van der Waals surface area contributed by atoms with Crippen molar-refractivity contribution >= 4 is 40.5 Å². The Morgan fingerprint density at radius 3 is 2.73 bits per heavy atom. The van der Waals surface area contributed by atoms with Gasteiger partial charge in [0.2, 0.25) is 0 Å². The molecule has 1 amide bonds. The van der Waals surface area contributed by atoms with E-state index in [1.165, 1.54) is 5.01 Å². The van der Waals surface area contributed by atoms with Gasteiger partial charge in [0, 0.05) is 5.71 Å². The van der Waals surface area contributed by atoms with Gasteiger partial charge in [-0.3, -0.25) is 4.79 Å². The fraction of sp³-hybridized carbons (Fsp3) is 0.200. The molecular formula is C10H8Cl2N2O. The van der Waals surface area contributed by atoms with Gasteiger partial charge in [-0.1, -0.05) is 29.3 Å². The molecule has 1 aromatic rings. The van der Waals surface area contributed by atoms with E-state index in [0.717, 1.165) is 5.71 Å². The van der Waals surface area contributed by atoms with Gasteiger partial charge in [-0.15, -0.1) is 0 Å². The minimum absolute atomic E-state index is 0.0864. The number of rotatable bonds is 1. The van der Waals surface area contributed by atoms with Crippen LogP contribution in [0.15, 0.2) is 23.3 Å². The van der Waals surface area contributed by atoms with Crippen molar-refractivity contribution in [2.24, 2.45) is 5.10 Å². The van der Waals surface area contributed by atoms with E-state index >= 15 is 0 Å². The maximum atomic E-state index is 11.6. The summed E-state index contributed by atoms with van der Waals surface area (Å²) in [5.41, 5.74) is 1.31. The van der Waals surface area contributed by atoms with E-state index in [-0.39, 0.29) is 5.91 Å². The largest absolute Gasteiger partial charge is 0.272 e. The number of benzene rings is 1. The summed E-state index contributed by atoms with van der Waals surface area (Å²) in [6.45, 7) is 1.80. The average molecular weight is 243 g/mol. The van der Waals surface area contributed by atoms with E-state index in [0.29, 0.717) is 22.2 Å². The number of carbonyl (C=O) groups is 1. The van der Waals surface area contributed by atoms with Gasteiger partial charge in [0.25, 0.3) is 5.91 Å². The SMILES string of the molecule is CC1=NN(c2cccc(Cl)c2Cl)C(=O)C1. The molecule has 78 valence electrons. The lowest BCUT2D eigenvalue weighted by atomic mass is 10.3. The van der Waals surface area contributed by atoms with Crippen molar-refractivity contribution in [3.8, 4) is 0 Å². The predicted octanol–water partition coefficient (Wildman–Crippen LogP) is 3.11. The lowest BCUT2D eigenvalue weighted by Gasteiger charge is -2.13. The van der Waals surface area contributed by atoms with Gasteiger partial charge in [-0.25, -0.2) is 0 Å². The molecule has 1 aromatic carbocycles. The highest BCUT2D eigenvalue weighted by atomic mass is 35.5. The summed E-state index contributed by atoms with van der Waals surface area (Å²) in [4.78, 5) is 11.6. The molecule has 0 radical (unpaired) electrons. The molecule has 3 nitrogen and oxygen atoms in total. The van der Waals surface area contributed by atoms with Crippen molar-refractivity contribution in [1.29, 1.82) is 0 Å². The second kappa shape index (κ2) is 3.83. The Morgan fingerprint density at radius 1 is 1.40 bits per heavy atom. The highest BCUT2D eigenvalue weighted by Crippen LogP contribution is 2.34. The first-order valence-electron chi connectivity index (χ1n) is 4.40. The molecular weight excluding hydrogens is 235 g/mol. The zero-order chi connectivity index (χ0) is 11.0. The number of hydrazone groups is 1. The minimum Gasteiger partial charge on any atom is -0.272 e. The Labute approximate surface area is 97.3 Å². The standard InChI is InChI=1S/C10H8Cl2N2O/c1-6-5-9(15)14(13-6)8-4-2-3-7(11)10(8)12/h2-4H,5H2,1H3. The van der Waals surface area contributed by atoms with Crippen molar-refractivity contribution in [2.45, 2.75) is 13.3 Å². The van der Waals surface area contributed by atoms with Crippen LogP contribution in [0.4, 0.5) is 5.69 Å². The molecule has 0 saturated heterocycles. The Bertz CT molecular complexity index is 457. The molecule has 0 fully saturated rings. The Kier molecular flexibility index (Phi) is 2.67. The zero-order valence-electron chi connectivity index (χ0n) is 8.00. The Balaban J connectivity index is 2.46. The molecule has 1 heterocycles. The second-order valence-electron chi connectivity index (χ2n) is 3.29. The van der Waals surface area contributed by atoms with Crippen LogP contribution in [0.1, 0.15) is 13.3 Å². The third-order valence-electron chi connectivity index (χ3n) is 2.07. The number of carbonyl (C=O) groups excluding carboxylic acids is 1. The molecule has 0 spiro atoms. The van der Waals surface area contributed by atoms with E-state index in [9.17, 15) is 4.79 Å². The fourth-order valence-corrected chi connectivity index (χ4v) is 1.78. The topological polar surface area (TPSA) is 32.7 Å². The summed E-state index contributed by atoms with van der Waals surface area (Å²) in [7, 11) is 0. The van der Waals surface area contributed by atoms with Crippen LogP contribution in [-0.4, -0.2) is 11.6 Å². The van der Waals surface area contributed by atoms with Crippen LogP contribution < -0.4 is 5.01 Å². The number of nitrogens with zero attached hydrogens (tertiary/aromatic N) is 2. The van der Waals surface area contributed by atoms with Crippen LogP contribution in [-0.2, 0) is 4.79 Å². The quantitative estimate of drug-likeness (QED) is 0.745. The molecule has 0 unspecified atom stereocenters. The van der Waals surface area contributed by atoms with Crippen molar-refractivity contribution < 1.29 is 4.79 Å². The van der Waals surface area contributed by atoms with Crippen molar-refractivity contribution in [1.82, 2.24) is 0 Å². The van der Waals surface area contributed by atoms with Crippen molar-refractivity contribution in [2.75, 3.05) is 5.01 Å². The maximum absolute atomic E-state index is 11.6. The maximum Gasteiger partial charge on any atom is 0.253 e. The average Bonchev–Trinajstić information content (AvgIpc) is 2.50. The van der Waals surface area contributed by atoms with Crippen LogP contribution in [0.3, 0.4) is 0 Å². The van der Waals surface area contributed by atoms with Crippen LogP contribution in [0.25, 0.3) is 0 Å². The summed E-state index contributed by atoms with van der Waals surface area (Å²) in [5, 5.41) is 6.17. The molecule has 1 aliphatic rings. The van der Waals surface area contributed by atoms with Gasteiger partial charge in [-0.2, -0.15) is 10.1 Å². The van der Waals surface area contributed by atoms with E-state index in [1.807, 2.05) is 0 Å². The van der Waals surface area contributed by atoms with Gasteiger partial charge in [0.05, 0.1) is 22.2 Å². The Morgan fingerprint density at radius 2 is 2.13 bits per heavy atom. The summed E-state index contributed by atoms with van der Waals surface area (Å²) < 4.78 is 0. The molecule has 0 N–H and O–H groups in total.